The average Bonchev–Trinajstić information content (AvgIpc) is 3.40. The van der Waals surface area contributed by atoms with E-state index >= 15 is 0 Å². The normalized spacial score (nSPS) is 18.3. The molecule has 1 aliphatic heterocycles. The van der Waals surface area contributed by atoms with Crippen molar-refractivity contribution in [1.82, 2.24) is 10.3 Å². The van der Waals surface area contributed by atoms with Gasteiger partial charge in [0, 0.05) is 26.9 Å². The van der Waals surface area contributed by atoms with Crippen molar-refractivity contribution in [1.29, 1.82) is 0 Å². The monoisotopic (exact) mass is 509 g/mol. The molecule has 1 fully saturated rings. The fourth-order valence-electron chi connectivity index (χ4n) is 3.80. The van der Waals surface area contributed by atoms with Crippen LogP contribution in [0.15, 0.2) is 93.9 Å². The van der Waals surface area contributed by atoms with E-state index < -0.39 is 0 Å². The third-order valence-corrected chi connectivity index (χ3v) is 6.35. The van der Waals surface area contributed by atoms with Gasteiger partial charge in [0.25, 0.3) is 0 Å². The summed E-state index contributed by atoms with van der Waals surface area (Å²) in [5, 5.41) is 4.77. The molecule has 0 bridgehead atoms. The molecule has 5 rings (SSSR count). The van der Waals surface area contributed by atoms with Gasteiger partial charge in [0.2, 0.25) is 0 Å². The summed E-state index contributed by atoms with van der Waals surface area (Å²) in [6.07, 6.45) is 1.79. The van der Waals surface area contributed by atoms with E-state index in [9.17, 15) is 0 Å². The summed E-state index contributed by atoms with van der Waals surface area (Å²) in [4.78, 5) is 6.66. The first kappa shape index (κ1) is 20.2. The van der Waals surface area contributed by atoms with E-state index in [1.807, 2.05) is 78.9 Å². The zero-order chi connectivity index (χ0) is 21.4. The molecular formula is C24H17BrClN3OS. The van der Waals surface area contributed by atoms with Crippen LogP contribution in [-0.2, 0) is 0 Å². The van der Waals surface area contributed by atoms with Crippen molar-refractivity contribution in [2.24, 2.45) is 0 Å². The first-order valence-electron chi connectivity index (χ1n) is 9.72. The summed E-state index contributed by atoms with van der Waals surface area (Å²) in [7, 11) is 0. The average molecular weight is 511 g/mol. The Morgan fingerprint density at radius 1 is 0.968 bits per heavy atom. The minimum absolute atomic E-state index is 0.151. The number of furan rings is 1. The maximum atomic E-state index is 6.35. The molecule has 0 aliphatic carbocycles. The number of aromatic nitrogens is 1. The molecule has 3 heterocycles. The van der Waals surface area contributed by atoms with E-state index in [1.54, 1.807) is 6.20 Å². The van der Waals surface area contributed by atoms with Crippen molar-refractivity contribution >= 4 is 50.5 Å². The number of hydrogen-bond donors (Lipinski definition) is 1. The third-order valence-electron chi connectivity index (χ3n) is 5.25. The zero-order valence-electron chi connectivity index (χ0n) is 16.2. The smallest absolute Gasteiger partial charge is 0.174 e. The summed E-state index contributed by atoms with van der Waals surface area (Å²) < 4.78 is 7.36. The fraction of sp³-hybridized carbons (Fsp3) is 0.0833. The van der Waals surface area contributed by atoms with E-state index in [0.717, 1.165) is 32.9 Å². The lowest BCUT2D eigenvalue weighted by Crippen LogP contribution is -2.29. The molecule has 0 spiro atoms. The number of benzene rings is 2. The van der Waals surface area contributed by atoms with Crippen LogP contribution in [0.3, 0.4) is 0 Å². The van der Waals surface area contributed by atoms with Crippen molar-refractivity contribution < 1.29 is 4.42 Å². The number of thiocarbonyl (C=S) groups is 1. The molecule has 31 heavy (non-hydrogen) atoms. The SMILES string of the molecule is S=C1N[C@@H](c2ccccn2)[C@H](c2ccc(-c3ccc(Cl)cc3)o2)N1c1ccc(Br)cc1. The second kappa shape index (κ2) is 8.46. The Morgan fingerprint density at radius 2 is 1.74 bits per heavy atom. The maximum Gasteiger partial charge on any atom is 0.174 e. The van der Waals surface area contributed by atoms with Gasteiger partial charge < -0.3 is 14.6 Å². The largest absolute Gasteiger partial charge is 0.459 e. The fourth-order valence-corrected chi connectivity index (χ4v) is 4.54. The van der Waals surface area contributed by atoms with E-state index in [1.165, 1.54) is 0 Å². The van der Waals surface area contributed by atoms with Crippen molar-refractivity contribution in [3.05, 3.63) is 106 Å². The van der Waals surface area contributed by atoms with Gasteiger partial charge in [-0.2, -0.15) is 0 Å². The molecule has 1 N–H and O–H groups in total. The summed E-state index contributed by atoms with van der Waals surface area (Å²) in [5.41, 5.74) is 2.85. The first-order valence-corrected chi connectivity index (χ1v) is 11.3. The standard InChI is InChI=1S/C24H17BrClN3OS/c25-16-6-10-18(11-7-16)29-23(22(28-24(29)31)19-3-1-2-14-27-19)21-13-12-20(30-21)15-4-8-17(26)9-5-15/h1-14,22-23H,(H,28,31)/t22-,23-/m0/s1. The maximum absolute atomic E-state index is 6.35. The molecule has 1 saturated heterocycles. The highest BCUT2D eigenvalue weighted by atomic mass is 79.9. The van der Waals surface area contributed by atoms with Gasteiger partial charge in [-0.25, -0.2) is 0 Å². The Hall–Kier alpha value is -2.67. The molecule has 0 amide bonds. The lowest BCUT2D eigenvalue weighted by atomic mass is 10.0. The van der Waals surface area contributed by atoms with Crippen LogP contribution in [0.2, 0.25) is 5.02 Å². The van der Waals surface area contributed by atoms with Gasteiger partial charge in [-0.05, 0) is 85.0 Å². The van der Waals surface area contributed by atoms with E-state index in [-0.39, 0.29) is 12.1 Å². The molecule has 0 saturated carbocycles. The Balaban J connectivity index is 1.59. The van der Waals surface area contributed by atoms with E-state index in [4.69, 9.17) is 28.2 Å². The number of rotatable bonds is 4. The minimum Gasteiger partial charge on any atom is -0.459 e. The molecule has 2 aromatic heterocycles. The lowest BCUT2D eigenvalue weighted by molar-refractivity contribution is 0.439. The Morgan fingerprint density at radius 3 is 2.45 bits per heavy atom. The van der Waals surface area contributed by atoms with Crippen LogP contribution in [0.4, 0.5) is 5.69 Å². The Kier molecular flexibility index (Phi) is 5.52. The summed E-state index contributed by atoms with van der Waals surface area (Å²) in [5.74, 6) is 1.58. The summed E-state index contributed by atoms with van der Waals surface area (Å²) in [6, 6.07) is 25.2. The predicted molar refractivity (Wildman–Crippen MR) is 131 cm³/mol. The zero-order valence-corrected chi connectivity index (χ0v) is 19.4. The number of halogens is 2. The van der Waals surface area contributed by atoms with Crippen molar-refractivity contribution in [3.63, 3.8) is 0 Å². The Bertz CT molecular complexity index is 1210. The number of anilines is 1. The molecule has 0 unspecified atom stereocenters. The van der Waals surface area contributed by atoms with Crippen LogP contribution < -0.4 is 10.2 Å². The van der Waals surface area contributed by atoms with Gasteiger partial charge in [0.15, 0.2) is 5.11 Å². The highest BCUT2D eigenvalue weighted by Crippen LogP contribution is 2.43. The summed E-state index contributed by atoms with van der Waals surface area (Å²) >= 11 is 15.3. The van der Waals surface area contributed by atoms with Crippen LogP contribution in [0.1, 0.15) is 23.5 Å². The number of pyridine rings is 1. The molecule has 0 radical (unpaired) electrons. The van der Waals surface area contributed by atoms with Crippen LogP contribution in [-0.4, -0.2) is 10.1 Å². The quantitative estimate of drug-likeness (QED) is 0.301. The molecular weight excluding hydrogens is 494 g/mol. The van der Waals surface area contributed by atoms with Crippen LogP contribution in [0.5, 0.6) is 0 Å². The first-order chi connectivity index (χ1) is 15.1. The molecule has 2 aromatic carbocycles. The van der Waals surface area contributed by atoms with E-state index in [2.05, 4.69) is 31.1 Å². The van der Waals surface area contributed by atoms with Crippen LogP contribution >= 0.6 is 39.7 Å². The minimum atomic E-state index is -0.190. The highest BCUT2D eigenvalue weighted by Gasteiger charge is 2.42. The molecule has 4 nitrogen and oxygen atoms in total. The van der Waals surface area contributed by atoms with Gasteiger partial charge in [-0.15, -0.1) is 0 Å². The lowest BCUT2D eigenvalue weighted by Gasteiger charge is -2.26. The molecule has 7 heteroatoms. The van der Waals surface area contributed by atoms with E-state index in [0.29, 0.717) is 10.1 Å². The van der Waals surface area contributed by atoms with Crippen molar-refractivity contribution in [3.8, 4) is 11.3 Å². The Labute approximate surface area is 199 Å². The van der Waals surface area contributed by atoms with Crippen LogP contribution in [0, 0.1) is 0 Å². The third kappa shape index (κ3) is 3.99. The molecule has 154 valence electrons. The van der Waals surface area contributed by atoms with Gasteiger partial charge >= 0.3 is 0 Å². The number of hydrogen-bond acceptors (Lipinski definition) is 3. The molecule has 2 atom stereocenters. The van der Waals surface area contributed by atoms with Gasteiger partial charge in [-0.3, -0.25) is 4.98 Å². The topological polar surface area (TPSA) is 41.3 Å². The highest BCUT2D eigenvalue weighted by molar-refractivity contribution is 9.10. The van der Waals surface area contributed by atoms with Crippen molar-refractivity contribution in [2.45, 2.75) is 12.1 Å². The van der Waals surface area contributed by atoms with Crippen LogP contribution in [0.25, 0.3) is 11.3 Å². The second-order valence-electron chi connectivity index (χ2n) is 7.18. The molecule has 1 aliphatic rings. The number of nitrogens with zero attached hydrogens (tertiary/aromatic N) is 2. The van der Waals surface area contributed by atoms with Gasteiger partial charge in [0.05, 0.1) is 11.7 Å². The van der Waals surface area contributed by atoms with Gasteiger partial charge in [0.1, 0.15) is 17.6 Å². The summed E-state index contributed by atoms with van der Waals surface area (Å²) in [6.45, 7) is 0. The number of nitrogens with one attached hydrogen (secondary N) is 1. The predicted octanol–water partition coefficient (Wildman–Crippen LogP) is 6.93. The molecule has 4 aromatic rings. The second-order valence-corrected chi connectivity index (χ2v) is 8.92. The van der Waals surface area contributed by atoms with Gasteiger partial charge in [-0.1, -0.05) is 33.6 Å². The van der Waals surface area contributed by atoms with Crippen molar-refractivity contribution in [2.75, 3.05) is 4.90 Å².